The highest BCUT2D eigenvalue weighted by Crippen LogP contribution is 2.09. The van der Waals surface area contributed by atoms with Gasteiger partial charge in [0.1, 0.15) is 12.2 Å². The van der Waals surface area contributed by atoms with Gasteiger partial charge in [0, 0.05) is 12.4 Å². The van der Waals surface area contributed by atoms with Gasteiger partial charge in [0.05, 0.1) is 13.7 Å². The van der Waals surface area contributed by atoms with E-state index in [4.69, 9.17) is 9.47 Å². The summed E-state index contributed by atoms with van der Waals surface area (Å²) in [6.45, 7) is 1.94. The van der Waals surface area contributed by atoms with Crippen LogP contribution < -0.4 is 4.74 Å². The Labute approximate surface area is 99.0 Å². The molecule has 0 amide bonds. The van der Waals surface area contributed by atoms with Crippen LogP contribution in [-0.4, -0.2) is 35.9 Å². The van der Waals surface area contributed by atoms with E-state index in [1.54, 1.807) is 6.92 Å². The van der Waals surface area contributed by atoms with E-state index in [-0.39, 0.29) is 19.0 Å². The van der Waals surface area contributed by atoms with E-state index in [1.807, 2.05) is 0 Å². The van der Waals surface area contributed by atoms with Crippen LogP contribution in [0.2, 0.25) is 0 Å². The van der Waals surface area contributed by atoms with Crippen LogP contribution >= 0.6 is 0 Å². The Hall–Kier alpha value is -1.98. The summed E-state index contributed by atoms with van der Waals surface area (Å²) in [5.74, 6) is -1.34. The molecule has 1 aromatic heterocycles. The van der Waals surface area contributed by atoms with Crippen molar-refractivity contribution in [2.75, 3.05) is 13.7 Å². The number of carbonyl (C=O) groups is 2. The number of hydrogen-bond acceptors (Lipinski definition) is 6. The first-order valence-corrected chi connectivity index (χ1v) is 5.18. The fourth-order valence-corrected chi connectivity index (χ4v) is 1.24. The first-order chi connectivity index (χ1) is 8.21. The molecule has 0 aliphatic carbocycles. The number of hydrogen-bond donors (Lipinski definition) is 0. The highest BCUT2D eigenvalue weighted by atomic mass is 16.5. The first-order valence-electron chi connectivity index (χ1n) is 5.18. The molecule has 6 nitrogen and oxygen atoms in total. The Morgan fingerprint density at radius 3 is 2.59 bits per heavy atom. The van der Waals surface area contributed by atoms with Gasteiger partial charge in [0.2, 0.25) is 0 Å². The molecule has 0 aliphatic heterocycles. The molecule has 92 valence electrons. The molecule has 1 aromatic rings. The number of esters is 1. The number of methoxy groups -OCH3 is 1. The van der Waals surface area contributed by atoms with E-state index in [2.05, 4.69) is 9.97 Å². The van der Waals surface area contributed by atoms with Crippen LogP contribution in [0.5, 0.6) is 6.01 Å². The Morgan fingerprint density at radius 2 is 2.12 bits per heavy atom. The molecule has 1 rings (SSSR count). The summed E-state index contributed by atoms with van der Waals surface area (Å²) in [6, 6.07) is 0.243. The summed E-state index contributed by atoms with van der Waals surface area (Å²) in [6.07, 6.45) is 3.83. The molecule has 0 N–H and O–H groups in total. The molecule has 0 spiro atoms. The molecular formula is C11H14N2O4. The summed E-state index contributed by atoms with van der Waals surface area (Å²) in [5, 5.41) is 0. The largest absolute Gasteiger partial charge is 0.467 e. The van der Waals surface area contributed by atoms with Gasteiger partial charge in [-0.25, -0.2) is 9.97 Å². The number of aldehydes is 1. The average Bonchev–Trinajstić information content (AvgIpc) is 2.37. The SMILES string of the molecule is CCOC(=O)C(C=O)Cc1cnc(OC)nc1. The number of carbonyl (C=O) groups excluding carboxylic acids is 2. The second kappa shape index (κ2) is 6.57. The smallest absolute Gasteiger partial charge is 0.316 e. The molecule has 0 saturated heterocycles. The van der Waals surface area contributed by atoms with Crippen molar-refractivity contribution in [2.24, 2.45) is 5.92 Å². The van der Waals surface area contributed by atoms with E-state index in [0.29, 0.717) is 11.8 Å². The lowest BCUT2D eigenvalue weighted by atomic mass is 10.0. The van der Waals surface area contributed by atoms with Gasteiger partial charge in [0.25, 0.3) is 0 Å². The maximum atomic E-state index is 11.4. The van der Waals surface area contributed by atoms with Crippen LogP contribution in [-0.2, 0) is 20.7 Å². The monoisotopic (exact) mass is 238 g/mol. The van der Waals surface area contributed by atoms with Gasteiger partial charge in [-0.15, -0.1) is 0 Å². The summed E-state index contributed by atoms with van der Waals surface area (Å²) < 4.78 is 9.58. The third-order valence-corrected chi connectivity index (χ3v) is 2.07. The average molecular weight is 238 g/mol. The predicted molar refractivity (Wildman–Crippen MR) is 58.5 cm³/mol. The molecule has 0 radical (unpaired) electrons. The predicted octanol–water partition coefficient (Wildman–Crippen LogP) is 0.406. The minimum Gasteiger partial charge on any atom is -0.467 e. The molecule has 6 heteroatoms. The molecule has 0 aliphatic rings. The summed E-state index contributed by atoms with van der Waals surface area (Å²) in [4.78, 5) is 29.9. The Balaban J connectivity index is 2.66. The van der Waals surface area contributed by atoms with Crippen molar-refractivity contribution >= 4 is 12.3 Å². The van der Waals surface area contributed by atoms with E-state index in [1.165, 1.54) is 19.5 Å². The normalized spacial score (nSPS) is 11.6. The van der Waals surface area contributed by atoms with Gasteiger partial charge >= 0.3 is 12.0 Å². The molecule has 17 heavy (non-hydrogen) atoms. The zero-order valence-electron chi connectivity index (χ0n) is 9.75. The number of aromatic nitrogens is 2. The van der Waals surface area contributed by atoms with Crippen molar-refractivity contribution in [3.63, 3.8) is 0 Å². The molecular weight excluding hydrogens is 224 g/mol. The lowest BCUT2D eigenvalue weighted by Crippen LogP contribution is -2.21. The van der Waals surface area contributed by atoms with Crippen LogP contribution in [0.3, 0.4) is 0 Å². The van der Waals surface area contributed by atoms with Crippen LogP contribution in [0.25, 0.3) is 0 Å². The Bertz CT molecular complexity index is 378. The van der Waals surface area contributed by atoms with Crippen molar-refractivity contribution in [1.29, 1.82) is 0 Å². The number of rotatable bonds is 6. The van der Waals surface area contributed by atoms with Crippen LogP contribution in [0.4, 0.5) is 0 Å². The van der Waals surface area contributed by atoms with Crippen LogP contribution in [0.1, 0.15) is 12.5 Å². The molecule has 1 atom stereocenters. The van der Waals surface area contributed by atoms with Crippen molar-refractivity contribution in [3.05, 3.63) is 18.0 Å². The zero-order chi connectivity index (χ0) is 12.7. The maximum Gasteiger partial charge on any atom is 0.316 e. The van der Waals surface area contributed by atoms with Crippen molar-refractivity contribution in [3.8, 4) is 6.01 Å². The summed E-state index contributed by atoms with van der Waals surface area (Å²) in [5.41, 5.74) is 0.677. The van der Waals surface area contributed by atoms with Crippen molar-refractivity contribution in [1.82, 2.24) is 9.97 Å². The summed E-state index contributed by atoms with van der Waals surface area (Å²) in [7, 11) is 1.46. The molecule has 1 heterocycles. The van der Waals surface area contributed by atoms with Gasteiger partial charge in [0.15, 0.2) is 0 Å². The van der Waals surface area contributed by atoms with Gasteiger partial charge in [-0.2, -0.15) is 0 Å². The minimum atomic E-state index is -0.813. The number of nitrogens with zero attached hydrogens (tertiary/aromatic N) is 2. The van der Waals surface area contributed by atoms with Crippen molar-refractivity contribution in [2.45, 2.75) is 13.3 Å². The highest BCUT2D eigenvalue weighted by molar-refractivity contribution is 5.88. The lowest BCUT2D eigenvalue weighted by Gasteiger charge is -2.08. The van der Waals surface area contributed by atoms with E-state index in [9.17, 15) is 9.59 Å². The molecule has 0 saturated carbocycles. The maximum absolute atomic E-state index is 11.4. The van der Waals surface area contributed by atoms with Gasteiger partial charge in [-0.05, 0) is 18.9 Å². The second-order valence-electron chi connectivity index (χ2n) is 3.28. The molecule has 0 aromatic carbocycles. The second-order valence-corrected chi connectivity index (χ2v) is 3.28. The molecule has 0 fully saturated rings. The fraction of sp³-hybridized carbons (Fsp3) is 0.455. The van der Waals surface area contributed by atoms with E-state index >= 15 is 0 Å². The third kappa shape index (κ3) is 3.82. The van der Waals surface area contributed by atoms with Gasteiger partial charge < -0.3 is 14.3 Å². The standard InChI is InChI=1S/C11H14N2O4/c1-3-17-10(15)9(7-14)4-8-5-12-11(16-2)13-6-8/h5-7,9H,3-4H2,1-2H3. The first kappa shape index (κ1) is 13.1. The summed E-state index contributed by atoms with van der Waals surface area (Å²) >= 11 is 0. The molecule has 1 unspecified atom stereocenters. The van der Waals surface area contributed by atoms with Crippen molar-refractivity contribution < 1.29 is 19.1 Å². The van der Waals surface area contributed by atoms with Gasteiger partial charge in [-0.3, -0.25) is 4.79 Å². The lowest BCUT2D eigenvalue weighted by molar-refractivity contribution is -0.149. The highest BCUT2D eigenvalue weighted by Gasteiger charge is 2.19. The van der Waals surface area contributed by atoms with E-state index in [0.717, 1.165) is 0 Å². The third-order valence-electron chi connectivity index (χ3n) is 2.07. The van der Waals surface area contributed by atoms with Crippen LogP contribution in [0.15, 0.2) is 12.4 Å². The van der Waals surface area contributed by atoms with Gasteiger partial charge in [-0.1, -0.05) is 0 Å². The Morgan fingerprint density at radius 1 is 1.47 bits per heavy atom. The minimum absolute atomic E-state index is 0.228. The Kier molecular flexibility index (Phi) is 5.06. The van der Waals surface area contributed by atoms with Crippen LogP contribution in [0, 0.1) is 5.92 Å². The quantitative estimate of drug-likeness (QED) is 0.405. The zero-order valence-corrected chi connectivity index (χ0v) is 9.75. The molecule has 0 bridgehead atoms. The fourth-order valence-electron chi connectivity index (χ4n) is 1.24. The topological polar surface area (TPSA) is 78.4 Å². The van der Waals surface area contributed by atoms with E-state index < -0.39 is 11.9 Å². The number of ether oxygens (including phenoxy) is 2.